The molecular weight excluding hydrogens is 326 g/mol. The summed E-state index contributed by atoms with van der Waals surface area (Å²) in [5.41, 5.74) is 11.4. The van der Waals surface area contributed by atoms with E-state index in [1.54, 1.807) is 0 Å². The van der Waals surface area contributed by atoms with E-state index in [9.17, 15) is 0 Å². The van der Waals surface area contributed by atoms with Gasteiger partial charge in [-0.05, 0) is 55.3 Å². The molecule has 0 aliphatic heterocycles. The Kier molecular flexibility index (Phi) is 3.83. The highest BCUT2D eigenvalue weighted by Crippen LogP contribution is 2.29. The van der Waals surface area contributed by atoms with Crippen LogP contribution in [0.1, 0.15) is 18.1 Å². The first-order chi connectivity index (χ1) is 10.1. The quantitative estimate of drug-likeness (QED) is 0.772. The third-order valence-electron chi connectivity index (χ3n) is 3.79. The zero-order chi connectivity index (χ0) is 15.0. The van der Waals surface area contributed by atoms with Crippen molar-refractivity contribution in [3.63, 3.8) is 0 Å². The number of hydrogen-bond acceptors (Lipinski definition) is 2. The maximum absolute atomic E-state index is 5.73. The van der Waals surface area contributed by atoms with Gasteiger partial charge >= 0.3 is 0 Å². The molecule has 1 aromatic heterocycles. The maximum Gasteiger partial charge on any atom is 0.141 e. The summed E-state index contributed by atoms with van der Waals surface area (Å²) in [4.78, 5) is 4.84. The SMILES string of the molecule is CCn1c(-c2ccc(Br)cc2C)nc2cc(CN)ccc21. The first kappa shape index (κ1) is 14.3. The van der Waals surface area contributed by atoms with Crippen LogP contribution in [0.4, 0.5) is 0 Å². The van der Waals surface area contributed by atoms with Crippen LogP contribution in [0.25, 0.3) is 22.4 Å². The van der Waals surface area contributed by atoms with Crippen LogP contribution >= 0.6 is 15.9 Å². The lowest BCUT2D eigenvalue weighted by Crippen LogP contribution is -1.99. The predicted molar refractivity (Wildman–Crippen MR) is 91.2 cm³/mol. The standard InChI is InChI=1S/C17H18BrN3/c1-3-21-16-7-4-12(10-19)9-15(16)20-17(21)14-6-5-13(18)8-11(14)2/h4-9H,3,10,19H2,1-2H3. The van der Waals surface area contributed by atoms with E-state index >= 15 is 0 Å². The molecule has 0 saturated heterocycles. The molecule has 0 saturated carbocycles. The summed E-state index contributed by atoms with van der Waals surface area (Å²) in [7, 11) is 0. The lowest BCUT2D eigenvalue weighted by atomic mass is 10.1. The number of rotatable bonds is 3. The van der Waals surface area contributed by atoms with E-state index in [1.165, 1.54) is 11.1 Å². The maximum atomic E-state index is 5.73. The van der Waals surface area contributed by atoms with Crippen molar-refractivity contribution in [2.45, 2.75) is 26.9 Å². The van der Waals surface area contributed by atoms with E-state index in [4.69, 9.17) is 10.7 Å². The normalized spacial score (nSPS) is 11.2. The van der Waals surface area contributed by atoms with Crippen molar-refractivity contribution >= 4 is 27.0 Å². The van der Waals surface area contributed by atoms with Gasteiger partial charge in [-0.25, -0.2) is 4.98 Å². The van der Waals surface area contributed by atoms with E-state index in [2.05, 4.69) is 70.7 Å². The number of imidazole rings is 1. The van der Waals surface area contributed by atoms with Gasteiger partial charge in [-0.15, -0.1) is 0 Å². The summed E-state index contributed by atoms with van der Waals surface area (Å²) in [6, 6.07) is 12.6. The summed E-state index contributed by atoms with van der Waals surface area (Å²) in [6.07, 6.45) is 0. The molecule has 0 amide bonds. The van der Waals surface area contributed by atoms with Gasteiger partial charge in [-0.1, -0.05) is 22.0 Å². The van der Waals surface area contributed by atoms with Crippen molar-refractivity contribution < 1.29 is 0 Å². The van der Waals surface area contributed by atoms with Crippen LogP contribution in [-0.2, 0) is 13.1 Å². The Labute approximate surface area is 132 Å². The lowest BCUT2D eigenvalue weighted by molar-refractivity contribution is 0.795. The number of fused-ring (bicyclic) bond motifs is 1. The van der Waals surface area contributed by atoms with E-state index < -0.39 is 0 Å². The van der Waals surface area contributed by atoms with Gasteiger partial charge in [0.05, 0.1) is 11.0 Å². The average Bonchev–Trinajstić information content (AvgIpc) is 2.84. The summed E-state index contributed by atoms with van der Waals surface area (Å²) < 4.78 is 3.35. The highest BCUT2D eigenvalue weighted by atomic mass is 79.9. The molecule has 3 aromatic rings. The number of nitrogens with zero attached hydrogens (tertiary/aromatic N) is 2. The second-order valence-corrected chi connectivity index (χ2v) is 6.08. The van der Waals surface area contributed by atoms with Gasteiger partial charge in [-0.3, -0.25) is 0 Å². The Morgan fingerprint density at radius 3 is 2.67 bits per heavy atom. The van der Waals surface area contributed by atoms with Crippen LogP contribution in [0.2, 0.25) is 0 Å². The van der Waals surface area contributed by atoms with Gasteiger partial charge < -0.3 is 10.3 Å². The second-order valence-electron chi connectivity index (χ2n) is 5.17. The molecule has 0 bridgehead atoms. The Hall–Kier alpha value is -1.65. The fourth-order valence-corrected chi connectivity index (χ4v) is 3.18. The number of hydrogen-bond donors (Lipinski definition) is 1. The molecule has 3 nitrogen and oxygen atoms in total. The molecule has 108 valence electrons. The predicted octanol–water partition coefficient (Wildman–Crippen LogP) is 4.25. The molecule has 2 N–H and O–H groups in total. The summed E-state index contributed by atoms with van der Waals surface area (Å²) >= 11 is 3.52. The molecule has 3 rings (SSSR count). The zero-order valence-electron chi connectivity index (χ0n) is 12.2. The van der Waals surface area contributed by atoms with E-state index in [0.717, 1.165) is 33.4 Å². The highest BCUT2D eigenvalue weighted by molar-refractivity contribution is 9.10. The van der Waals surface area contributed by atoms with Gasteiger partial charge in [-0.2, -0.15) is 0 Å². The fourth-order valence-electron chi connectivity index (χ4n) is 2.71. The van der Waals surface area contributed by atoms with E-state index in [0.29, 0.717) is 6.54 Å². The topological polar surface area (TPSA) is 43.8 Å². The molecule has 1 heterocycles. The molecule has 0 aliphatic rings. The number of aromatic nitrogens is 2. The first-order valence-electron chi connectivity index (χ1n) is 7.09. The minimum Gasteiger partial charge on any atom is -0.326 e. The molecule has 2 aromatic carbocycles. The molecule has 21 heavy (non-hydrogen) atoms. The smallest absolute Gasteiger partial charge is 0.141 e. The Morgan fingerprint density at radius 1 is 1.19 bits per heavy atom. The Balaban J connectivity index is 2.26. The van der Waals surface area contributed by atoms with Gasteiger partial charge in [0.1, 0.15) is 5.82 Å². The van der Waals surface area contributed by atoms with Crippen molar-refractivity contribution in [1.82, 2.24) is 9.55 Å². The molecule has 0 unspecified atom stereocenters. The number of nitrogens with two attached hydrogens (primary N) is 1. The second kappa shape index (κ2) is 5.62. The third-order valence-corrected chi connectivity index (χ3v) is 4.29. The van der Waals surface area contributed by atoms with Crippen molar-refractivity contribution in [2.24, 2.45) is 5.73 Å². The van der Waals surface area contributed by atoms with E-state index in [1.807, 2.05) is 0 Å². The Bertz CT molecular complexity index is 805. The molecular formula is C17H18BrN3. The van der Waals surface area contributed by atoms with Crippen LogP contribution in [-0.4, -0.2) is 9.55 Å². The third kappa shape index (κ3) is 2.49. The summed E-state index contributed by atoms with van der Waals surface area (Å²) in [5.74, 6) is 1.02. The van der Waals surface area contributed by atoms with E-state index in [-0.39, 0.29) is 0 Å². The first-order valence-corrected chi connectivity index (χ1v) is 7.89. The summed E-state index contributed by atoms with van der Waals surface area (Å²) in [6.45, 7) is 5.70. The lowest BCUT2D eigenvalue weighted by Gasteiger charge is -2.09. The molecule has 0 atom stereocenters. The van der Waals surface area contributed by atoms with Crippen molar-refractivity contribution in [2.75, 3.05) is 0 Å². The number of halogens is 1. The van der Waals surface area contributed by atoms with Crippen LogP contribution in [0.15, 0.2) is 40.9 Å². The fraction of sp³-hybridized carbons (Fsp3) is 0.235. The van der Waals surface area contributed by atoms with Crippen molar-refractivity contribution in [3.05, 3.63) is 52.0 Å². The van der Waals surface area contributed by atoms with Crippen molar-refractivity contribution in [1.29, 1.82) is 0 Å². The zero-order valence-corrected chi connectivity index (χ0v) is 13.8. The van der Waals surface area contributed by atoms with Crippen LogP contribution in [0.5, 0.6) is 0 Å². The minimum atomic E-state index is 0.543. The van der Waals surface area contributed by atoms with Gasteiger partial charge in [0.25, 0.3) is 0 Å². The number of aryl methyl sites for hydroxylation is 2. The van der Waals surface area contributed by atoms with Gasteiger partial charge in [0.2, 0.25) is 0 Å². The number of benzene rings is 2. The van der Waals surface area contributed by atoms with Crippen LogP contribution in [0.3, 0.4) is 0 Å². The molecule has 0 aliphatic carbocycles. The molecule has 0 radical (unpaired) electrons. The minimum absolute atomic E-state index is 0.543. The highest BCUT2D eigenvalue weighted by Gasteiger charge is 2.13. The Morgan fingerprint density at radius 2 is 2.00 bits per heavy atom. The molecule has 0 spiro atoms. The van der Waals surface area contributed by atoms with Crippen LogP contribution in [0, 0.1) is 6.92 Å². The average molecular weight is 344 g/mol. The monoisotopic (exact) mass is 343 g/mol. The molecule has 0 fully saturated rings. The molecule has 4 heteroatoms. The van der Waals surface area contributed by atoms with Crippen molar-refractivity contribution in [3.8, 4) is 11.4 Å². The summed E-state index contributed by atoms with van der Waals surface area (Å²) in [5, 5.41) is 0. The van der Waals surface area contributed by atoms with Gasteiger partial charge in [0, 0.05) is 23.1 Å². The van der Waals surface area contributed by atoms with Gasteiger partial charge in [0.15, 0.2) is 0 Å². The van der Waals surface area contributed by atoms with Crippen LogP contribution < -0.4 is 5.73 Å². The largest absolute Gasteiger partial charge is 0.326 e.